The molecule has 0 aliphatic heterocycles. The van der Waals surface area contributed by atoms with Gasteiger partial charge in [0.05, 0.1) is 0 Å². The molecule has 0 N–H and O–H groups in total. The van der Waals surface area contributed by atoms with Gasteiger partial charge in [0.2, 0.25) is 0 Å². The van der Waals surface area contributed by atoms with Gasteiger partial charge in [-0.15, -0.1) is 0 Å². The lowest BCUT2D eigenvalue weighted by Gasteiger charge is -2.42. The van der Waals surface area contributed by atoms with E-state index in [4.69, 9.17) is 0 Å². The summed E-state index contributed by atoms with van der Waals surface area (Å²) >= 11 is 0. The van der Waals surface area contributed by atoms with Crippen molar-refractivity contribution in [2.45, 2.75) is 109 Å². The van der Waals surface area contributed by atoms with Crippen LogP contribution in [0, 0.1) is 23.7 Å². The van der Waals surface area contributed by atoms with Gasteiger partial charge < -0.3 is 0 Å². The lowest BCUT2D eigenvalue weighted by Crippen LogP contribution is -2.30. The maximum atomic E-state index is 2.51. The van der Waals surface area contributed by atoms with E-state index in [9.17, 15) is 0 Å². The second kappa shape index (κ2) is 9.15. The predicted octanol–water partition coefficient (Wildman–Crippen LogP) is 8.47. The van der Waals surface area contributed by atoms with E-state index in [1.807, 2.05) is 0 Å². The van der Waals surface area contributed by atoms with Crippen molar-refractivity contribution in [2.24, 2.45) is 23.7 Å². The van der Waals surface area contributed by atoms with Crippen LogP contribution in [-0.4, -0.2) is 0 Å². The maximum absolute atomic E-state index is 2.51. The second-order valence-corrected chi connectivity index (χ2v) is 10.3. The highest BCUT2D eigenvalue weighted by Crippen LogP contribution is 2.48. The summed E-state index contributed by atoms with van der Waals surface area (Å²) in [5.41, 5.74) is 3.28. The molecule has 3 aliphatic rings. The Hall–Kier alpha value is -0.780. The van der Waals surface area contributed by atoms with Crippen molar-refractivity contribution in [3.05, 3.63) is 35.4 Å². The molecule has 0 radical (unpaired) electrons. The van der Waals surface area contributed by atoms with Crippen LogP contribution in [-0.2, 0) is 0 Å². The Balaban J connectivity index is 1.32. The number of hydrogen-bond acceptors (Lipinski definition) is 0. The highest BCUT2D eigenvalue weighted by atomic mass is 14.4. The molecule has 0 spiro atoms. The van der Waals surface area contributed by atoms with E-state index in [-0.39, 0.29) is 0 Å². The largest absolute Gasteiger partial charge is 0.0654 e. The molecule has 4 rings (SSSR count). The molecule has 1 aromatic rings. The molecule has 0 aromatic heterocycles. The van der Waals surface area contributed by atoms with E-state index in [1.165, 1.54) is 77.0 Å². The van der Waals surface area contributed by atoms with Gasteiger partial charge in [-0.05, 0) is 104 Å². The Morgan fingerprint density at radius 3 is 1.85 bits per heavy atom. The summed E-state index contributed by atoms with van der Waals surface area (Å²) in [5, 5.41) is 0. The van der Waals surface area contributed by atoms with Crippen molar-refractivity contribution in [3.63, 3.8) is 0 Å². The van der Waals surface area contributed by atoms with Crippen LogP contribution in [0.15, 0.2) is 24.3 Å². The molecule has 1 aromatic carbocycles. The SMILES string of the molecule is CCCC1CCC2CC(c3ccc(C4CCC(CC)CC4)cc3)CCC2C1. The van der Waals surface area contributed by atoms with Crippen LogP contribution in [0.2, 0.25) is 0 Å². The average molecular weight is 367 g/mol. The van der Waals surface area contributed by atoms with Crippen molar-refractivity contribution in [1.29, 1.82) is 0 Å². The van der Waals surface area contributed by atoms with E-state index >= 15 is 0 Å². The van der Waals surface area contributed by atoms with Crippen LogP contribution >= 0.6 is 0 Å². The topological polar surface area (TPSA) is 0 Å². The van der Waals surface area contributed by atoms with E-state index in [0.29, 0.717) is 0 Å². The van der Waals surface area contributed by atoms with Crippen molar-refractivity contribution in [3.8, 4) is 0 Å². The van der Waals surface area contributed by atoms with Crippen LogP contribution in [0.25, 0.3) is 0 Å². The first-order valence-corrected chi connectivity index (χ1v) is 12.4. The van der Waals surface area contributed by atoms with Gasteiger partial charge in [0.15, 0.2) is 0 Å². The molecule has 0 bridgehead atoms. The molecular weight excluding hydrogens is 324 g/mol. The molecule has 0 saturated heterocycles. The summed E-state index contributed by atoms with van der Waals surface area (Å²) in [6.45, 7) is 4.73. The van der Waals surface area contributed by atoms with Gasteiger partial charge >= 0.3 is 0 Å². The lowest BCUT2D eigenvalue weighted by atomic mass is 9.63. The number of benzene rings is 1. The number of fused-ring (bicyclic) bond motifs is 1. The number of rotatable bonds is 5. The highest BCUT2D eigenvalue weighted by molar-refractivity contribution is 5.28. The third-order valence-electron chi connectivity index (χ3n) is 8.72. The minimum atomic E-state index is 0.839. The Kier molecular flexibility index (Phi) is 6.62. The molecule has 3 aliphatic carbocycles. The summed E-state index contributed by atoms with van der Waals surface area (Å²) in [7, 11) is 0. The first-order valence-electron chi connectivity index (χ1n) is 12.4. The summed E-state index contributed by atoms with van der Waals surface area (Å²) in [4.78, 5) is 0. The van der Waals surface area contributed by atoms with Crippen molar-refractivity contribution in [2.75, 3.05) is 0 Å². The summed E-state index contributed by atoms with van der Waals surface area (Å²) < 4.78 is 0. The molecule has 0 nitrogen and oxygen atoms in total. The van der Waals surface area contributed by atoms with Gasteiger partial charge in [-0.3, -0.25) is 0 Å². The Labute approximate surface area is 168 Å². The monoisotopic (exact) mass is 366 g/mol. The first kappa shape index (κ1) is 19.5. The summed E-state index contributed by atoms with van der Waals surface area (Å²) in [6.07, 6.45) is 19.0. The normalized spacial score (nSPS) is 37.0. The van der Waals surface area contributed by atoms with Gasteiger partial charge in [-0.2, -0.15) is 0 Å². The average Bonchev–Trinajstić information content (AvgIpc) is 2.74. The van der Waals surface area contributed by atoms with Crippen LogP contribution in [0.1, 0.15) is 120 Å². The third kappa shape index (κ3) is 4.63. The van der Waals surface area contributed by atoms with Gasteiger partial charge in [-0.1, -0.05) is 63.8 Å². The van der Waals surface area contributed by atoms with Crippen LogP contribution in [0.5, 0.6) is 0 Å². The molecular formula is C27H42. The minimum absolute atomic E-state index is 0.839. The molecule has 0 amide bonds. The molecule has 0 heteroatoms. The van der Waals surface area contributed by atoms with Crippen LogP contribution in [0.4, 0.5) is 0 Å². The number of hydrogen-bond donors (Lipinski definition) is 0. The predicted molar refractivity (Wildman–Crippen MR) is 117 cm³/mol. The zero-order valence-electron chi connectivity index (χ0n) is 18.0. The summed E-state index contributed by atoms with van der Waals surface area (Å²) in [6, 6.07) is 10.0. The van der Waals surface area contributed by atoms with Gasteiger partial charge in [0.1, 0.15) is 0 Å². The third-order valence-corrected chi connectivity index (χ3v) is 8.72. The van der Waals surface area contributed by atoms with E-state index < -0.39 is 0 Å². The first-order chi connectivity index (χ1) is 13.3. The molecule has 27 heavy (non-hydrogen) atoms. The molecule has 4 atom stereocenters. The van der Waals surface area contributed by atoms with E-state index in [0.717, 1.165) is 35.5 Å². The zero-order valence-corrected chi connectivity index (χ0v) is 18.0. The standard InChI is InChI=1S/C27H42/c1-3-5-21-8-11-27-19-26(17-16-25(27)18-21)24-14-12-23(13-15-24)22-9-6-20(4-2)7-10-22/h12-15,20-22,25-27H,3-11,16-19H2,1-2H3. The Morgan fingerprint density at radius 1 is 0.630 bits per heavy atom. The molecule has 4 unspecified atom stereocenters. The fourth-order valence-corrected chi connectivity index (χ4v) is 6.90. The minimum Gasteiger partial charge on any atom is -0.0654 e. The van der Waals surface area contributed by atoms with Crippen LogP contribution < -0.4 is 0 Å². The molecule has 150 valence electrons. The van der Waals surface area contributed by atoms with E-state index in [1.54, 1.807) is 17.5 Å². The Morgan fingerprint density at radius 2 is 1.19 bits per heavy atom. The second-order valence-electron chi connectivity index (χ2n) is 10.3. The smallest absolute Gasteiger partial charge is 0.0159 e. The van der Waals surface area contributed by atoms with Gasteiger partial charge in [0, 0.05) is 0 Å². The van der Waals surface area contributed by atoms with Crippen LogP contribution in [0.3, 0.4) is 0 Å². The summed E-state index contributed by atoms with van der Waals surface area (Å²) in [5.74, 6) is 5.82. The Bertz CT molecular complexity index is 562. The van der Waals surface area contributed by atoms with Crippen molar-refractivity contribution in [1.82, 2.24) is 0 Å². The highest BCUT2D eigenvalue weighted by Gasteiger charge is 2.35. The lowest BCUT2D eigenvalue weighted by molar-refractivity contribution is 0.114. The molecule has 0 heterocycles. The maximum Gasteiger partial charge on any atom is -0.0159 e. The van der Waals surface area contributed by atoms with Gasteiger partial charge in [0.25, 0.3) is 0 Å². The molecule has 3 saturated carbocycles. The van der Waals surface area contributed by atoms with Gasteiger partial charge in [-0.25, -0.2) is 0 Å². The molecule has 3 fully saturated rings. The quantitative estimate of drug-likeness (QED) is 0.490. The fourth-order valence-electron chi connectivity index (χ4n) is 6.90. The zero-order chi connectivity index (χ0) is 18.6. The van der Waals surface area contributed by atoms with Crippen molar-refractivity contribution < 1.29 is 0 Å². The van der Waals surface area contributed by atoms with E-state index in [2.05, 4.69) is 38.1 Å². The fraction of sp³-hybridized carbons (Fsp3) is 0.778. The van der Waals surface area contributed by atoms with Crippen molar-refractivity contribution >= 4 is 0 Å².